The third-order valence-electron chi connectivity index (χ3n) is 7.41. The monoisotopic (exact) mass is 463 g/mol. The molecule has 5 rings (SSSR count). The van der Waals surface area contributed by atoms with Crippen LogP contribution in [-0.4, -0.2) is 81.2 Å². The predicted octanol–water partition coefficient (Wildman–Crippen LogP) is 2.93. The van der Waals surface area contributed by atoms with Crippen LogP contribution in [0.1, 0.15) is 30.0 Å². The predicted molar refractivity (Wildman–Crippen MR) is 133 cm³/mol. The van der Waals surface area contributed by atoms with Crippen molar-refractivity contribution < 1.29 is 14.3 Å². The van der Waals surface area contributed by atoms with Crippen LogP contribution < -0.4 is 19.7 Å². The van der Waals surface area contributed by atoms with Crippen molar-refractivity contribution in [2.45, 2.75) is 37.9 Å². The summed E-state index contributed by atoms with van der Waals surface area (Å²) in [5.74, 6) is 1.31. The number of ether oxygens (including phenoxy) is 2. The number of anilines is 1. The maximum absolute atomic E-state index is 12.7. The van der Waals surface area contributed by atoms with Gasteiger partial charge in [-0.05, 0) is 56.6 Å². The number of methoxy groups -OCH3 is 2. The van der Waals surface area contributed by atoms with E-state index in [0.717, 1.165) is 35.5 Å². The summed E-state index contributed by atoms with van der Waals surface area (Å²) in [5, 5.41) is 9.13. The number of hydrogen-bond acceptors (Lipinski definition) is 6. The lowest BCUT2D eigenvalue weighted by Crippen LogP contribution is -2.44. The van der Waals surface area contributed by atoms with Gasteiger partial charge >= 0.3 is 6.03 Å². The van der Waals surface area contributed by atoms with Crippen molar-refractivity contribution in [1.82, 2.24) is 15.2 Å². The number of nitrogens with zero attached hydrogens (tertiary/aromatic N) is 4. The molecule has 8 heteroatoms. The van der Waals surface area contributed by atoms with Gasteiger partial charge in [-0.15, -0.1) is 0 Å². The zero-order chi connectivity index (χ0) is 24.0. The van der Waals surface area contributed by atoms with Crippen LogP contribution in [0.5, 0.6) is 11.5 Å². The van der Waals surface area contributed by atoms with E-state index in [1.807, 2.05) is 19.1 Å². The summed E-state index contributed by atoms with van der Waals surface area (Å²) in [6.45, 7) is 4.20. The summed E-state index contributed by atoms with van der Waals surface area (Å²) in [7, 11) is 7.12. The van der Waals surface area contributed by atoms with Gasteiger partial charge in [0, 0.05) is 49.0 Å². The summed E-state index contributed by atoms with van der Waals surface area (Å²) in [6, 6.07) is 13.4. The molecular weight excluding hydrogens is 430 g/mol. The van der Waals surface area contributed by atoms with Crippen molar-refractivity contribution in [2.24, 2.45) is 5.10 Å². The second-order valence-electron chi connectivity index (χ2n) is 9.45. The zero-order valence-corrected chi connectivity index (χ0v) is 20.5. The van der Waals surface area contributed by atoms with Gasteiger partial charge in [-0.3, -0.25) is 4.90 Å². The Morgan fingerprint density at radius 3 is 2.35 bits per heavy atom. The number of carbonyl (C=O) groups excluding carboxylic acids is 1. The molecule has 1 unspecified atom stereocenters. The summed E-state index contributed by atoms with van der Waals surface area (Å²) >= 11 is 0. The van der Waals surface area contributed by atoms with Gasteiger partial charge < -0.3 is 19.7 Å². The lowest BCUT2D eigenvalue weighted by atomic mass is 9.94. The largest absolute Gasteiger partial charge is 0.493 e. The summed E-state index contributed by atoms with van der Waals surface area (Å²) in [4.78, 5) is 17.7. The number of fused-ring (bicyclic) bond motifs is 3. The molecule has 34 heavy (non-hydrogen) atoms. The number of likely N-dealkylation sites (N-methyl/N-ethyl adjacent to an activating group) is 1. The van der Waals surface area contributed by atoms with Gasteiger partial charge in [-0.1, -0.05) is 12.1 Å². The van der Waals surface area contributed by atoms with Crippen LogP contribution in [0.2, 0.25) is 0 Å². The fourth-order valence-electron chi connectivity index (χ4n) is 5.54. The minimum Gasteiger partial charge on any atom is -0.493 e. The Bertz CT molecular complexity index is 1110. The van der Waals surface area contributed by atoms with E-state index in [4.69, 9.17) is 14.6 Å². The molecule has 3 atom stereocenters. The first-order valence-electron chi connectivity index (χ1n) is 11.9. The van der Waals surface area contributed by atoms with E-state index in [0.29, 0.717) is 30.0 Å². The Labute approximate surface area is 201 Å². The fraction of sp³-hybridized carbons (Fsp3) is 0.462. The molecule has 3 heterocycles. The molecule has 2 aromatic rings. The van der Waals surface area contributed by atoms with Crippen molar-refractivity contribution in [3.63, 3.8) is 0 Å². The average Bonchev–Trinajstić information content (AvgIpc) is 3.40. The third-order valence-corrected chi connectivity index (χ3v) is 7.41. The van der Waals surface area contributed by atoms with E-state index in [2.05, 4.69) is 46.4 Å². The number of benzene rings is 2. The second-order valence-corrected chi connectivity index (χ2v) is 9.45. The molecule has 0 saturated carbocycles. The average molecular weight is 464 g/mol. The maximum Gasteiger partial charge on any atom is 0.337 e. The van der Waals surface area contributed by atoms with Crippen LogP contribution >= 0.6 is 0 Å². The number of piperazine rings is 1. The normalized spacial score (nSPS) is 23.9. The minimum absolute atomic E-state index is 0.120. The number of amides is 2. The molecule has 2 saturated heterocycles. The van der Waals surface area contributed by atoms with Crippen molar-refractivity contribution in [2.75, 3.05) is 46.3 Å². The maximum atomic E-state index is 12.7. The topological polar surface area (TPSA) is 69.6 Å². The van der Waals surface area contributed by atoms with Crippen LogP contribution in [0.15, 0.2) is 41.5 Å². The van der Waals surface area contributed by atoms with E-state index in [1.165, 1.54) is 17.1 Å². The highest BCUT2D eigenvalue weighted by molar-refractivity contribution is 6.14. The molecule has 3 aliphatic rings. The number of rotatable bonds is 4. The molecule has 8 nitrogen and oxygen atoms in total. The van der Waals surface area contributed by atoms with Crippen molar-refractivity contribution in [3.8, 4) is 11.5 Å². The van der Waals surface area contributed by atoms with E-state index < -0.39 is 0 Å². The molecule has 2 amide bonds. The van der Waals surface area contributed by atoms with Crippen LogP contribution in [0.3, 0.4) is 0 Å². The van der Waals surface area contributed by atoms with E-state index in [1.54, 1.807) is 21.3 Å². The highest BCUT2D eigenvalue weighted by Crippen LogP contribution is 2.36. The van der Waals surface area contributed by atoms with Crippen LogP contribution in [0.25, 0.3) is 0 Å². The van der Waals surface area contributed by atoms with Gasteiger partial charge in [0.1, 0.15) is 0 Å². The summed E-state index contributed by atoms with van der Waals surface area (Å²) in [5.41, 5.74) is 4.97. The molecule has 0 aliphatic carbocycles. The van der Waals surface area contributed by atoms with E-state index in [-0.39, 0.29) is 12.1 Å². The number of hydrogen-bond donors (Lipinski definition) is 1. The number of urea groups is 1. The molecule has 0 aromatic heterocycles. The molecule has 2 aromatic carbocycles. The minimum atomic E-state index is -0.231. The molecular formula is C26H33N5O3. The molecule has 2 bridgehead atoms. The van der Waals surface area contributed by atoms with Gasteiger partial charge in [0.2, 0.25) is 0 Å². The first kappa shape index (κ1) is 22.5. The fourth-order valence-corrected chi connectivity index (χ4v) is 5.54. The first-order chi connectivity index (χ1) is 16.4. The van der Waals surface area contributed by atoms with E-state index in [9.17, 15) is 4.79 Å². The number of carbonyl (C=O) groups is 1. The Kier molecular flexibility index (Phi) is 5.85. The van der Waals surface area contributed by atoms with Crippen LogP contribution in [0, 0.1) is 0 Å². The zero-order valence-electron chi connectivity index (χ0n) is 20.5. The highest BCUT2D eigenvalue weighted by Gasteiger charge is 2.41. The molecule has 1 N–H and O–H groups in total. The van der Waals surface area contributed by atoms with Crippen molar-refractivity contribution in [3.05, 3.63) is 53.1 Å². The number of hydrazone groups is 1. The van der Waals surface area contributed by atoms with Gasteiger partial charge in [-0.25, -0.2) is 9.80 Å². The lowest BCUT2D eigenvalue weighted by molar-refractivity contribution is 0.184. The summed E-state index contributed by atoms with van der Waals surface area (Å²) < 4.78 is 11.1. The third kappa shape index (κ3) is 3.76. The van der Waals surface area contributed by atoms with Gasteiger partial charge in [-0.2, -0.15) is 5.10 Å². The van der Waals surface area contributed by atoms with Crippen molar-refractivity contribution in [1.29, 1.82) is 0 Å². The van der Waals surface area contributed by atoms with Crippen molar-refractivity contribution >= 4 is 17.4 Å². The molecule has 2 fully saturated rings. The Hall–Kier alpha value is -3.26. The van der Waals surface area contributed by atoms with Gasteiger partial charge in [0.15, 0.2) is 11.5 Å². The number of likely N-dealkylation sites (tertiary alicyclic amines) is 1. The Morgan fingerprint density at radius 1 is 1.06 bits per heavy atom. The van der Waals surface area contributed by atoms with Crippen LogP contribution in [-0.2, 0) is 6.42 Å². The number of nitrogens with one attached hydrogen (secondary N) is 1. The lowest BCUT2D eigenvalue weighted by Gasteiger charge is -2.33. The van der Waals surface area contributed by atoms with Gasteiger partial charge in [0.25, 0.3) is 0 Å². The Morgan fingerprint density at radius 2 is 1.76 bits per heavy atom. The highest BCUT2D eigenvalue weighted by atomic mass is 16.5. The smallest absolute Gasteiger partial charge is 0.337 e. The second kappa shape index (κ2) is 8.83. The molecule has 0 spiro atoms. The molecule has 180 valence electrons. The SMILES string of the molecule is CNC(=O)N1N=C(c2ccc(N3CC4C[C@H]3CN4C)cc2)c2cc(OC)c(OC)cc2C[C@@H]1C. The Balaban J connectivity index is 1.56. The standard InChI is InChI=1S/C26H33N5O3/c1-16-10-18-11-23(33-4)24(34-5)13-22(18)25(28-31(16)26(32)27-2)17-6-8-19(9-7-17)30-15-20-12-21(30)14-29(20)3/h6-9,11,13,16,20-21H,10,12,14-15H2,1-5H3,(H,27,32)/t16-,20?,21-/m0/s1. The quantitative estimate of drug-likeness (QED) is 0.755. The van der Waals surface area contributed by atoms with Crippen LogP contribution in [0.4, 0.5) is 10.5 Å². The van der Waals surface area contributed by atoms with Gasteiger partial charge in [0.05, 0.1) is 26.0 Å². The molecule has 0 radical (unpaired) electrons. The molecule has 3 aliphatic heterocycles. The summed E-state index contributed by atoms with van der Waals surface area (Å²) in [6.07, 6.45) is 1.89. The van der Waals surface area contributed by atoms with E-state index >= 15 is 0 Å². The first-order valence-corrected chi connectivity index (χ1v) is 11.9.